The zero-order valence-electron chi connectivity index (χ0n) is 15.2. The molecule has 0 radical (unpaired) electrons. The number of ketones is 1. The second kappa shape index (κ2) is 10.1. The van der Waals surface area contributed by atoms with Gasteiger partial charge in [0.25, 0.3) is 0 Å². The van der Waals surface area contributed by atoms with Crippen LogP contribution in [-0.2, 0) is 11.3 Å². The van der Waals surface area contributed by atoms with Gasteiger partial charge in [-0.3, -0.25) is 9.69 Å². The van der Waals surface area contributed by atoms with Crippen LogP contribution >= 0.6 is 0 Å². The topological polar surface area (TPSA) is 69.6 Å². The minimum Gasteiger partial charge on any atom is -0.465 e. The molecule has 0 unspecified atom stereocenters. The van der Waals surface area contributed by atoms with E-state index >= 15 is 0 Å². The Labute approximate surface area is 145 Å². The molecule has 1 aromatic rings. The number of nitrogens with zero attached hydrogens (tertiary/aromatic N) is 1. The molecule has 0 aliphatic carbocycles. The average Bonchev–Trinajstić information content (AvgIpc) is 2.45. The van der Waals surface area contributed by atoms with Gasteiger partial charge in [-0.15, -0.1) is 0 Å². The maximum atomic E-state index is 12.6. The Balaban J connectivity index is 2.78. The Kier molecular flexibility index (Phi) is 8.47. The molecule has 1 rings (SSSR count). The molecule has 0 fully saturated rings. The van der Waals surface area contributed by atoms with E-state index in [1.165, 1.54) is 0 Å². The number of benzene rings is 1. The second-order valence-electron chi connectivity index (χ2n) is 7.15. The summed E-state index contributed by atoms with van der Waals surface area (Å²) in [5, 5.41) is 11.4. The quantitative estimate of drug-likeness (QED) is 0.688. The predicted molar refractivity (Wildman–Crippen MR) is 96.0 cm³/mol. The van der Waals surface area contributed by atoms with E-state index in [4.69, 9.17) is 5.11 Å². The zero-order valence-corrected chi connectivity index (χ0v) is 15.2. The summed E-state index contributed by atoms with van der Waals surface area (Å²) in [6.07, 6.45) is -0.626. The van der Waals surface area contributed by atoms with Gasteiger partial charge in [0.15, 0.2) is 5.78 Å². The summed E-state index contributed by atoms with van der Waals surface area (Å²) in [6.45, 7) is 9.94. The van der Waals surface area contributed by atoms with Crippen LogP contribution in [0.15, 0.2) is 30.3 Å². The van der Waals surface area contributed by atoms with Gasteiger partial charge in [-0.05, 0) is 23.8 Å². The highest BCUT2D eigenvalue weighted by Gasteiger charge is 2.24. The minimum atomic E-state index is -1.15. The lowest BCUT2D eigenvalue weighted by Gasteiger charge is -2.26. The maximum Gasteiger partial charge on any atom is 0.405 e. The lowest BCUT2D eigenvalue weighted by molar-refractivity contribution is -0.122. The SMILES string of the molecule is CC(C)C[C@H](NC(=O)O)C(=O)CN(Cc1ccccc1)CC(C)C. The molecular weight excluding hydrogens is 304 g/mol. The third kappa shape index (κ3) is 8.11. The summed E-state index contributed by atoms with van der Waals surface area (Å²) in [7, 11) is 0. The van der Waals surface area contributed by atoms with Crippen LogP contribution in [0.3, 0.4) is 0 Å². The van der Waals surface area contributed by atoms with Gasteiger partial charge in [0, 0.05) is 13.1 Å². The summed E-state index contributed by atoms with van der Waals surface area (Å²) in [5.74, 6) is 0.610. The fourth-order valence-electron chi connectivity index (χ4n) is 2.76. The van der Waals surface area contributed by atoms with Crippen molar-refractivity contribution in [2.24, 2.45) is 11.8 Å². The summed E-state index contributed by atoms with van der Waals surface area (Å²) in [5.41, 5.74) is 1.15. The number of amides is 1. The standard InChI is InChI=1S/C19H30N2O3/c1-14(2)10-17(20-19(23)24)18(22)13-21(11-15(3)4)12-16-8-6-5-7-9-16/h5-9,14-15,17,20H,10-13H2,1-4H3,(H,23,24)/t17-/m0/s1. The zero-order chi connectivity index (χ0) is 18.1. The van der Waals surface area contributed by atoms with Gasteiger partial charge < -0.3 is 10.4 Å². The lowest BCUT2D eigenvalue weighted by atomic mass is 9.99. The van der Waals surface area contributed by atoms with Crippen LogP contribution in [-0.4, -0.2) is 41.0 Å². The van der Waals surface area contributed by atoms with Crippen molar-refractivity contribution in [2.75, 3.05) is 13.1 Å². The smallest absolute Gasteiger partial charge is 0.405 e. The van der Waals surface area contributed by atoms with Gasteiger partial charge in [-0.2, -0.15) is 0 Å². The van der Waals surface area contributed by atoms with Crippen LogP contribution in [0.4, 0.5) is 4.79 Å². The fraction of sp³-hybridized carbons (Fsp3) is 0.579. The molecule has 134 valence electrons. The van der Waals surface area contributed by atoms with Crippen LogP contribution < -0.4 is 5.32 Å². The summed E-state index contributed by atoms with van der Waals surface area (Å²) < 4.78 is 0. The van der Waals surface area contributed by atoms with Crippen molar-refractivity contribution in [3.05, 3.63) is 35.9 Å². The van der Waals surface area contributed by atoms with E-state index in [1.807, 2.05) is 44.2 Å². The third-order valence-corrected chi connectivity index (χ3v) is 3.65. The van der Waals surface area contributed by atoms with Gasteiger partial charge >= 0.3 is 6.09 Å². The molecule has 0 aliphatic rings. The third-order valence-electron chi connectivity index (χ3n) is 3.65. The molecule has 0 aliphatic heterocycles. The van der Waals surface area contributed by atoms with E-state index in [1.54, 1.807) is 0 Å². The highest BCUT2D eigenvalue weighted by atomic mass is 16.4. The highest BCUT2D eigenvalue weighted by Crippen LogP contribution is 2.11. The van der Waals surface area contributed by atoms with E-state index in [2.05, 4.69) is 24.1 Å². The average molecular weight is 334 g/mol. The number of carbonyl (C=O) groups excluding carboxylic acids is 1. The van der Waals surface area contributed by atoms with Crippen molar-refractivity contribution in [3.8, 4) is 0 Å². The first-order valence-corrected chi connectivity index (χ1v) is 8.56. The molecule has 5 heteroatoms. The Hall–Kier alpha value is -1.88. The van der Waals surface area contributed by atoms with Gasteiger partial charge in [0.05, 0.1) is 12.6 Å². The Morgan fingerprint density at radius 3 is 2.21 bits per heavy atom. The van der Waals surface area contributed by atoms with Crippen LogP contribution in [0.1, 0.15) is 39.7 Å². The molecule has 0 bridgehead atoms. The van der Waals surface area contributed by atoms with Crippen molar-refractivity contribution < 1.29 is 14.7 Å². The number of rotatable bonds is 10. The van der Waals surface area contributed by atoms with Crippen molar-refractivity contribution in [1.29, 1.82) is 0 Å². The van der Waals surface area contributed by atoms with Gasteiger partial charge in [-0.1, -0.05) is 58.0 Å². The molecule has 0 heterocycles. The summed E-state index contributed by atoms with van der Waals surface area (Å²) >= 11 is 0. The molecule has 2 N–H and O–H groups in total. The first-order valence-electron chi connectivity index (χ1n) is 8.56. The molecule has 0 aromatic heterocycles. The van der Waals surface area contributed by atoms with E-state index in [9.17, 15) is 9.59 Å². The Morgan fingerprint density at radius 1 is 1.08 bits per heavy atom. The van der Waals surface area contributed by atoms with Crippen molar-refractivity contribution >= 4 is 11.9 Å². The second-order valence-corrected chi connectivity index (χ2v) is 7.15. The Bertz CT molecular complexity index is 515. The van der Waals surface area contributed by atoms with E-state index in [0.29, 0.717) is 18.9 Å². The number of carbonyl (C=O) groups is 2. The maximum absolute atomic E-state index is 12.6. The highest BCUT2D eigenvalue weighted by molar-refractivity contribution is 5.88. The first-order chi connectivity index (χ1) is 11.3. The molecule has 1 aromatic carbocycles. The number of hydrogen-bond donors (Lipinski definition) is 2. The van der Waals surface area contributed by atoms with Gasteiger partial charge in [0.1, 0.15) is 0 Å². The van der Waals surface area contributed by atoms with Gasteiger partial charge in [-0.25, -0.2) is 4.79 Å². The first kappa shape index (κ1) is 20.2. The largest absolute Gasteiger partial charge is 0.465 e. The number of Topliss-reactive ketones (excluding diaryl/α,β-unsaturated/α-hetero) is 1. The Morgan fingerprint density at radius 2 is 1.71 bits per heavy atom. The van der Waals surface area contributed by atoms with E-state index in [0.717, 1.165) is 12.1 Å². The molecule has 5 nitrogen and oxygen atoms in total. The molecule has 24 heavy (non-hydrogen) atoms. The molecule has 0 saturated heterocycles. The van der Waals surface area contributed by atoms with E-state index in [-0.39, 0.29) is 18.2 Å². The molecule has 0 spiro atoms. The molecular formula is C19H30N2O3. The van der Waals surface area contributed by atoms with Crippen molar-refractivity contribution in [1.82, 2.24) is 10.2 Å². The molecule has 1 amide bonds. The number of hydrogen-bond acceptors (Lipinski definition) is 3. The monoisotopic (exact) mass is 334 g/mol. The van der Waals surface area contributed by atoms with Crippen molar-refractivity contribution in [2.45, 2.75) is 46.7 Å². The van der Waals surface area contributed by atoms with Crippen molar-refractivity contribution in [3.63, 3.8) is 0 Å². The molecule has 0 saturated carbocycles. The molecule has 1 atom stereocenters. The fourth-order valence-corrected chi connectivity index (χ4v) is 2.76. The minimum absolute atomic E-state index is 0.0670. The van der Waals surface area contributed by atoms with Crippen LogP contribution in [0.5, 0.6) is 0 Å². The van der Waals surface area contributed by atoms with Crippen LogP contribution in [0, 0.1) is 11.8 Å². The lowest BCUT2D eigenvalue weighted by Crippen LogP contribution is -2.46. The summed E-state index contributed by atoms with van der Waals surface area (Å²) in [4.78, 5) is 25.7. The number of nitrogens with one attached hydrogen (secondary N) is 1. The normalized spacial score (nSPS) is 12.6. The number of carboxylic acid groups (broad SMARTS) is 1. The predicted octanol–water partition coefficient (Wildman–Crippen LogP) is 3.40. The van der Waals surface area contributed by atoms with Crippen LogP contribution in [0.2, 0.25) is 0 Å². The summed E-state index contributed by atoms with van der Waals surface area (Å²) in [6, 6.07) is 9.37. The van der Waals surface area contributed by atoms with E-state index < -0.39 is 12.1 Å². The van der Waals surface area contributed by atoms with Gasteiger partial charge in [0.2, 0.25) is 0 Å². The van der Waals surface area contributed by atoms with Crippen LogP contribution in [0.25, 0.3) is 0 Å².